The van der Waals surface area contributed by atoms with Gasteiger partial charge in [-0.25, -0.2) is 0 Å². The Morgan fingerprint density at radius 2 is 1.44 bits per heavy atom. The Bertz CT molecular complexity index is 482. The summed E-state index contributed by atoms with van der Waals surface area (Å²) < 4.78 is 0. The van der Waals surface area contributed by atoms with Crippen molar-refractivity contribution in [2.75, 3.05) is 0 Å². The molecular weight excluding hydrogens is 389 g/mol. The van der Waals surface area contributed by atoms with Crippen LogP contribution >= 0.6 is 34.1 Å². The zero-order valence-electron chi connectivity index (χ0n) is 9.94. The van der Waals surface area contributed by atoms with Crippen LogP contribution in [0.2, 0.25) is 0 Å². The first-order chi connectivity index (χ1) is 8.33. The van der Waals surface area contributed by atoms with Gasteiger partial charge in [-0.1, -0.05) is 23.8 Å². The van der Waals surface area contributed by atoms with Gasteiger partial charge in [0.2, 0.25) is 0 Å². The summed E-state index contributed by atoms with van der Waals surface area (Å²) in [7, 11) is 20.1. The number of aryl methyl sites for hydroxylation is 2. The van der Waals surface area contributed by atoms with Crippen LogP contribution in [0.3, 0.4) is 0 Å². The van der Waals surface area contributed by atoms with Crippen molar-refractivity contribution in [2.45, 2.75) is 26.2 Å². The van der Waals surface area contributed by atoms with Gasteiger partial charge >= 0.3 is 49.5 Å². The number of hydrogen-bond donors (Lipinski definition) is 0. The summed E-state index contributed by atoms with van der Waals surface area (Å²) in [5, 5.41) is 0. The monoisotopic (exact) mass is 399 g/mol. The van der Waals surface area contributed by atoms with Crippen LogP contribution in [0, 0.1) is 6.42 Å². The molecule has 0 heterocycles. The zero-order chi connectivity index (χ0) is 13.3. The molecule has 1 aromatic rings. The Kier molecular flexibility index (Phi) is 5.29. The van der Waals surface area contributed by atoms with Crippen molar-refractivity contribution in [2.24, 2.45) is 0 Å². The van der Waals surface area contributed by atoms with Gasteiger partial charge in [-0.05, 0) is 48.4 Å². The van der Waals surface area contributed by atoms with Crippen molar-refractivity contribution in [3.63, 3.8) is 0 Å². The molecular formula is C13H13Cl4Zr. The van der Waals surface area contributed by atoms with Crippen molar-refractivity contribution in [3.8, 4) is 0 Å². The first kappa shape index (κ1) is 15.4. The van der Waals surface area contributed by atoms with Gasteiger partial charge in [0.1, 0.15) is 0 Å². The molecule has 2 aliphatic carbocycles. The molecule has 3 rings (SSSR count). The van der Waals surface area contributed by atoms with Gasteiger partial charge in [0.05, 0.1) is 0 Å². The fourth-order valence-corrected chi connectivity index (χ4v) is 2.44. The molecule has 0 aromatic heterocycles. The molecule has 2 aliphatic rings. The molecule has 0 unspecified atom stereocenters. The van der Waals surface area contributed by atoms with Crippen molar-refractivity contribution >= 4 is 40.1 Å². The summed E-state index contributed by atoms with van der Waals surface area (Å²) in [5.41, 5.74) is 7.41. The SMILES string of the molecule is CC1=Cc2cc3c(cc2[CH]1)CCC3.[Cl][Zr]([Cl])([Cl])[Cl]. The van der Waals surface area contributed by atoms with Crippen LogP contribution in [0.15, 0.2) is 17.7 Å². The summed E-state index contributed by atoms with van der Waals surface area (Å²) in [4.78, 5) is 0. The molecule has 1 aromatic carbocycles. The Morgan fingerprint density at radius 1 is 0.944 bits per heavy atom. The molecule has 0 saturated carbocycles. The van der Waals surface area contributed by atoms with Gasteiger partial charge in [0.25, 0.3) is 0 Å². The summed E-state index contributed by atoms with van der Waals surface area (Å²) in [6, 6.07) is 4.76. The zero-order valence-corrected chi connectivity index (χ0v) is 15.4. The molecule has 0 spiro atoms. The van der Waals surface area contributed by atoms with Gasteiger partial charge in [-0.2, -0.15) is 0 Å². The van der Waals surface area contributed by atoms with E-state index in [9.17, 15) is 0 Å². The summed E-state index contributed by atoms with van der Waals surface area (Å²) in [5.74, 6) is 0. The number of benzene rings is 1. The second-order valence-electron chi connectivity index (χ2n) is 4.56. The van der Waals surface area contributed by atoms with E-state index in [-0.39, 0.29) is 0 Å². The topological polar surface area (TPSA) is 0 Å². The van der Waals surface area contributed by atoms with Gasteiger partial charge < -0.3 is 0 Å². The van der Waals surface area contributed by atoms with E-state index in [4.69, 9.17) is 34.1 Å². The molecule has 18 heavy (non-hydrogen) atoms. The number of fused-ring (bicyclic) bond motifs is 2. The van der Waals surface area contributed by atoms with Gasteiger partial charge in [0.15, 0.2) is 0 Å². The van der Waals surface area contributed by atoms with Gasteiger partial charge in [-0.3, -0.25) is 0 Å². The minimum absolute atomic E-state index is 1.29. The Labute approximate surface area is 127 Å². The Morgan fingerprint density at radius 3 is 2.00 bits per heavy atom. The molecule has 0 bridgehead atoms. The van der Waals surface area contributed by atoms with Crippen LogP contribution in [0.1, 0.15) is 35.6 Å². The average molecular weight is 402 g/mol. The maximum atomic E-state index is 5.04. The normalized spacial score (nSPS) is 16.6. The van der Waals surface area contributed by atoms with E-state index in [1.807, 2.05) is 0 Å². The Balaban J connectivity index is 0.000000209. The van der Waals surface area contributed by atoms with Crippen LogP contribution in [-0.2, 0) is 28.3 Å². The molecule has 0 fully saturated rings. The molecule has 0 nitrogen and oxygen atoms in total. The predicted octanol–water partition coefficient (Wildman–Crippen LogP) is 5.90. The summed E-state index contributed by atoms with van der Waals surface area (Å²) in [6.45, 7) is 2.17. The molecule has 5 heteroatoms. The Hall–Kier alpha value is 1.00. The summed E-state index contributed by atoms with van der Waals surface area (Å²) >= 11 is -3.29. The van der Waals surface area contributed by atoms with E-state index < -0.39 is 15.5 Å². The third-order valence-electron chi connectivity index (χ3n) is 3.06. The van der Waals surface area contributed by atoms with Gasteiger partial charge in [-0.15, -0.1) is 0 Å². The predicted molar refractivity (Wildman–Crippen MR) is 78.9 cm³/mol. The number of halogens is 4. The van der Waals surface area contributed by atoms with Crippen LogP contribution in [0.25, 0.3) is 6.08 Å². The van der Waals surface area contributed by atoms with Crippen LogP contribution in [0.5, 0.6) is 0 Å². The molecule has 97 valence electrons. The fourth-order valence-electron chi connectivity index (χ4n) is 2.44. The van der Waals surface area contributed by atoms with Crippen molar-refractivity contribution in [1.29, 1.82) is 0 Å². The maximum absolute atomic E-state index is 5.04. The van der Waals surface area contributed by atoms with Crippen molar-refractivity contribution in [1.82, 2.24) is 0 Å². The second-order valence-corrected chi connectivity index (χ2v) is 27.0. The molecule has 0 aliphatic heterocycles. The molecule has 0 atom stereocenters. The molecule has 0 saturated heterocycles. The van der Waals surface area contributed by atoms with E-state index in [0.29, 0.717) is 0 Å². The van der Waals surface area contributed by atoms with Crippen LogP contribution in [-0.4, -0.2) is 0 Å². The molecule has 0 amide bonds. The fraction of sp³-hybridized carbons (Fsp3) is 0.308. The van der Waals surface area contributed by atoms with E-state index in [1.165, 1.54) is 36.0 Å². The number of hydrogen-bond acceptors (Lipinski definition) is 0. The van der Waals surface area contributed by atoms with E-state index in [1.54, 1.807) is 11.1 Å². The van der Waals surface area contributed by atoms with Gasteiger partial charge in [0, 0.05) is 6.42 Å². The molecule has 1 radical (unpaired) electrons. The first-order valence-electron chi connectivity index (χ1n) is 5.77. The number of rotatable bonds is 0. The summed E-state index contributed by atoms with van der Waals surface area (Å²) in [6.07, 6.45) is 8.49. The molecule has 0 N–H and O–H groups in total. The first-order valence-corrected chi connectivity index (χ1v) is 18.4. The van der Waals surface area contributed by atoms with Crippen molar-refractivity contribution in [3.05, 3.63) is 46.4 Å². The van der Waals surface area contributed by atoms with Crippen molar-refractivity contribution < 1.29 is 15.5 Å². The number of allylic oxidation sites excluding steroid dienone is 1. The van der Waals surface area contributed by atoms with E-state index in [0.717, 1.165) is 0 Å². The second kappa shape index (κ2) is 6.19. The van der Waals surface area contributed by atoms with E-state index in [2.05, 4.69) is 31.6 Å². The third kappa shape index (κ3) is 4.53. The average Bonchev–Trinajstić information content (AvgIpc) is 2.74. The standard InChI is InChI=1S/C13H13.4ClH.Zr/c1-9-5-12-7-10-3-2-4-11(10)8-13(12)6-9;;;;;/h5-8H,2-4H2,1H3;4*1H;/q;;;;;+4/p-4. The van der Waals surface area contributed by atoms with E-state index >= 15 is 0 Å². The third-order valence-corrected chi connectivity index (χ3v) is 3.06. The quantitative estimate of drug-likeness (QED) is 0.507. The minimum atomic E-state index is -3.29. The van der Waals surface area contributed by atoms with Crippen LogP contribution < -0.4 is 0 Å². The van der Waals surface area contributed by atoms with Crippen LogP contribution in [0.4, 0.5) is 0 Å².